The first-order valence-corrected chi connectivity index (χ1v) is 6.26. The lowest BCUT2D eigenvalue weighted by molar-refractivity contribution is -0.137. The van der Waals surface area contributed by atoms with Gasteiger partial charge in [-0.05, 0) is 30.7 Å². The summed E-state index contributed by atoms with van der Waals surface area (Å²) in [6.45, 7) is 2.70. The third kappa shape index (κ3) is 4.79. The largest absolute Gasteiger partial charge is 0.493 e. The monoisotopic (exact) mass is 267 g/mol. The van der Waals surface area contributed by atoms with E-state index >= 15 is 0 Å². The van der Waals surface area contributed by atoms with E-state index in [9.17, 15) is 4.79 Å². The maximum Gasteiger partial charge on any atom is 0.304 e. The highest BCUT2D eigenvalue weighted by atomic mass is 16.5. The molecule has 0 amide bonds. The molecule has 1 atom stereocenters. The summed E-state index contributed by atoms with van der Waals surface area (Å²) in [7, 11) is 3.17. The lowest BCUT2D eigenvalue weighted by Gasteiger charge is -2.17. The Kier molecular flexibility index (Phi) is 6.15. The fourth-order valence-electron chi connectivity index (χ4n) is 2.01. The van der Waals surface area contributed by atoms with Crippen molar-refractivity contribution in [3.63, 3.8) is 0 Å². The van der Waals surface area contributed by atoms with Crippen molar-refractivity contribution in [2.75, 3.05) is 20.8 Å². The second-order valence-corrected chi connectivity index (χ2v) is 4.25. The number of carboxylic acids is 1. The molecular weight excluding hydrogens is 246 g/mol. The van der Waals surface area contributed by atoms with Crippen LogP contribution in [0.2, 0.25) is 0 Å². The SMILES string of the molecule is CCNC(CC(=O)O)Cc1ccc(OC)c(OC)c1. The Morgan fingerprint density at radius 2 is 2.00 bits per heavy atom. The van der Waals surface area contributed by atoms with Crippen LogP contribution in [0, 0.1) is 0 Å². The number of carboxylic acid groups (broad SMARTS) is 1. The predicted octanol–water partition coefficient (Wildman–Crippen LogP) is 1.70. The van der Waals surface area contributed by atoms with Crippen molar-refractivity contribution in [2.24, 2.45) is 0 Å². The number of carbonyl (C=O) groups is 1. The zero-order valence-electron chi connectivity index (χ0n) is 11.6. The first-order chi connectivity index (χ1) is 9.10. The van der Waals surface area contributed by atoms with Crippen LogP contribution in [0.5, 0.6) is 11.5 Å². The molecular formula is C14H21NO4. The lowest BCUT2D eigenvalue weighted by atomic mass is 10.0. The Bertz CT molecular complexity index is 420. The molecule has 0 aliphatic carbocycles. The van der Waals surface area contributed by atoms with Gasteiger partial charge in [-0.25, -0.2) is 0 Å². The van der Waals surface area contributed by atoms with Crippen molar-refractivity contribution < 1.29 is 19.4 Å². The summed E-state index contributed by atoms with van der Waals surface area (Å²) in [5, 5.41) is 12.1. The summed E-state index contributed by atoms with van der Waals surface area (Å²) in [5.41, 5.74) is 1.02. The Morgan fingerprint density at radius 3 is 2.53 bits per heavy atom. The summed E-state index contributed by atoms with van der Waals surface area (Å²) in [4.78, 5) is 10.8. The molecule has 106 valence electrons. The van der Waals surface area contributed by atoms with Crippen molar-refractivity contribution in [3.05, 3.63) is 23.8 Å². The van der Waals surface area contributed by atoms with Gasteiger partial charge in [-0.1, -0.05) is 13.0 Å². The maximum absolute atomic E-state index is 10.8. The highest BCUT2D eigenvalue weighted by Crippen LogP contribution is 2.28. The zero-order valence-corrected chi connectivity index (χ0v) is 11.6. The summed E-state index contributed by atoms with van der Waals surface area (Å²) in [6, 6.07) is 5.55. The second-order valence-electron chi connectivity index (χ2n) is 4.25. The highest BCUT2D eigenvalue weighted by Gasteiger charge is 2.14. The average molecular weight is 267 g/mol. The van der Waals surface area contributed by atoms with Gasteiger partial charge in [0, 0.05) is 6.04 Å². The molecule has 2 N–H and O–H groups in total. The summed E-state index contributed by atoms with van der Waals surface area (Å²) >= 11 is 0. The summed E-state index contributed by atoms with van der Waals surface area (Å²) in [5.74, 6) is 0.529. The van der Waals surface area contributed by atoms with E-state index in [1.54, 1.807) is 14.2 Å². The molecule has 0 radical (unpaired) electrons. The van der Waals surface area contributed by atoms with Crippen LogP contribution in [0.15, 0.2) is 18.2 Å². The molecule has 5 heteroatoms. The number of hydrogen-bond acceptors (Lipinski definition) is 4. The number of nitrogens with one attached hydrogen (secondary N) is 1. The van der Waals surface area contributed by atoms with Gasteiger partial charge in [0.2, 0.25) is 0 Å². The summed E-state index contributed by atoms with van der Waals surface area (Å²) in [6.07, 6.45) is 0.739. The van der Waals surface area contributed by atoms with E-state index in [1.165, 1.54) is 0 Å². The quantitative estimate of drug-likeness (QED) is 0.750. The molecule has 0 heterocycles. The standard InChI is InChI=1S/C14H21NO4/c1-4-15-11(9-14(16)17)7-10-5-6-12(18-2)13(8-10)19-3/h5-6,8,11,15H,4,7,9H2,1-3H3,(H,16,17). The molecule has 0 bridgehead atoms. The van der Waals surface area contributed by atoms with Crippen LogP contribution in [0.1, 0.15) is 18.9 Å². The molecule has 1 rings (SSSR count). The van der Waals surface area contributed by atoms with E-state index in [1.807, 2.05) is 25.1 Å². The van der Waals surface area contributed by atoms with Gasteiger partial charge >= 0.3 is 5.97 Å². The van der Waals surface area contributed by atoms with Crippen molar-refractivity contribution in [1.29, 1.82) is 0 Å². The first-order valence-electron chi connectivity index (χ1n) is 6.26. The van der Waals surface area contributed by atoms with Crippen LogP contribution in [-0.4, -0.2) is 37.9 Å². The number of benzene rings is 1. The van der Waals surface area contributed by atoms with Gasteiger partial charge in [0.25, 0.3) is 0 Å². The van der Waals surface area contributed by atoms with Gasteiger partial charge in [-0.2, -0.15) is 0 Å². The minimum atomic E-state index is -0.800. The predicted molar refractivity (Wildman–Crippen MR) is 73.0 cm³/mol. The Labute approximate surface area is 113 Å². The minimum Gasteiger partial charge on any atom is -0.493 e. The minimum absolute atomic E-state index is 0.0828. The van der Waals surface area contributed by atoms with Gasteiger partial charge in [-0.15, -0.1) is 0 Å². The van der Waals surface area contributed by atoms with E-state index in [2.05, 4.69) is 5.32 Å². The second kappa shape index (κ2) is 7.63. The molecule has 0 aliphatic rings. The van der Waals surface area contributed by atoms with E-state index in [0.717, 1.165) is 12.1 Å². The molecule has 1 aromatic rings. The van der Waals surface area contributed by atoms with Gasteiger partial charge in [-0.3, -0.25) is 4.79 Å². The molecule has 0 spiro atoms. The van der Waals surface area contributed by atoms with Crippen LogP contribution in [0.4, 0.5) is 0 Å². The number of hydrogen-bond donors (Lipinski definition) is 2. The third-order valence-corrected chi connectivity index (χ3v) is 2.84. The van der Waals surface area contributed by atoms with Gasteiger partial charge in [0.1, 0.15) is 0 Å². The van der Waals surface area contributed by atoms with E-state index in [0.29, 0.717) is 17.9 Å². The van der Waals surface area contributed by atoms with E-state index < -0.39 is 5.97 Å². The first kappa shape index (κ1) is 15.3. The number of ether oxygens (including phenoxy) is 2. The van der Waals surface area contributed by atoms with Crippen LogP contribution >= 0.6 is 0 Å². The molecule has 0 fully saturated rings. The fourth-order valence-corrected chi connectivity index (χ4v) is 2.01. The smallest absolute Gasteiger partial charge is 0.304 e. The Hall–Kier alpha value is -1.75. The lowest BCUT2D eigenvalue weighted by Crippen LogP contribution is -2.33. The van der Waals surface area contributed by atoms with E-state index in [-0.39, 0.29) is 12.5 Å². The van der Waals surface area contributed by atoms with Crippen LogP contribution in [0.25, 0.3) is 0 Å². The molecule has 1 unspecified atom stereocenters. The summed E-state index contributed by atoms with van der Waals surface area (Å²) < 4.78 is 10.4. The van der Waals surface area contributed by atoms with Gasteiger partial charge < -0.3 is 19.9 Å². The Balaban J connectivity index is 2.80. The number of aliphatic carboxylic acids is 1. The normalized spacial score (nSPS) is 11.9. The molecule has 0 aromatic heterocycles. The average Bonchev–Trinajstić information content (AvgIpc) is 2.38. The topological polar surface area (TPSA) is 67.8 Å². The number of rotatable bonds is 8. The third-order valence-electron chi connectivity index (χ3n) is 2.84. The van der Waals surface area contributed by atoms with Crippen molar-refractivity contribution in [3.8, 4) is 11.5 Å². The van der Waals surface area contributed by atoms with Crippen LogP contribution in [-0.2, 0) is 11.2 Å². The molecule has 0 aliphatic heterocycles. The highest BCUT2D eigenvalue weighted by molar-refractivity contribution is 5.67. The Morgan fingerprint density at radius 1 is 1.32 bits per heavy atom. The van der Waals surface area contributed by atoms with E-state index in [4.69, 9.17) is 14.6 Å². The zero-order chi connectivity index (χ0) is 14.3. The fraction of sp³-hybridized carbons (Fsp3) is 0.500. The van der Waals surface area contributed by atoms with Crippen molar-refractivity contribution >= 4 is 5.97 Å². The molecule has 1 aromatic carbocycles. The van der Waals surface area contributed by atoms with Crippen molar-refractivity contribution in [2.45, 2.75) is 25.8 Å². The molecule has 0 saturated carbocycles. The van der Waals surface area contributed by atoms with Crippen LogP contribution in [0.3, 0.4) is 0 Å². The molecule has 19 heavy (non-hydrogen) atoms. The number of likely N-dealkylation sites (N-methyl/N-ethyl adjacent to an activating group) is 1. The van der Waals surface area contributed by atoms with Gasteiger partial charge in [0.05, 0.1) is 20.6 Å². The van der Waals surface area contributed by atoms with Crippen LogP contribution < -0.4 is 14.8 Å². The molecule has 5 nitrogen and oxygen atoms in total. The maximum atomic E-state index is 10.8. The van der Waals surface area contributed by atoms with Crippen molar-refractivity contribution in [1.82, 2.24) is 5.32 Å². The van der Waals surface area contributed by atoms with Gasteiger partial charge in [0.15, 0.2) is 11.5 Å². The number of methoxy groups -OCH3 is 2. The molecule has 0 saturated heterocycles.